The van der Waals surface area contributed by atoms with Crippen LogP contribution in [0, 0.1) is 0 Å². The Morgan fingerprint density at radius 1 is 0.333 bits per heavy atom. The summed E-state index contributed by atoms with van der Waals surface area (Å²) in [5.41, 5.74) is -0.498. The molecule has 0 saturated carbocycles. The normalized spacial score (nSPS) is 24.9. The van der Waals surface area contributed by atoms with E-state index in [0.29, 0.717) is 0 Å². The summed E-state index contributed by atoms with van der Waals surface area (Å²) in [6, 6.07) is -1.36. The van der Waals surface area contributed by atoms with Gasteiger partial charge in [0.25, 0.3) is 17.4 Å². The van der Waals surface area contributed by atoms with Crippen LogP contribution in [0.3, 0.4) is 0 Å². The van der Waals surface area contributed by atoms with E-state index >= 15 is 0 Å². The largest absolute Gasteiger partial charge is 0.465 e. The van der Waals surface area contributed by atoms with E-state index < -0.39 is 275 Å². The monoisotopic (exact) mass is 1590 g/mol. The second-order valence-corrected chi connectivity index (χ2v) is 25.3. The summed E-state index contributed by atoms with van der Waals surface area (Å²) in [6.45, 7) is 8.73. The molecule has 0 aliphatic carbocycles. The lowest BCUT2D eigenvalue weighted by Crippen LogP contribution is -2.69. The van der Waals surface area contributed by atoms with Gasteiger partial charge in [-0.05, 0) is 16.7 Å². The number of esters is 15. The van der Waals surface area contributed by atoms with Crippen molar-refractivity contribution in [2.24, 2.45) is 0 Å². The molecule has 3 aliphatic heterocycles. The molecule has 0 aromatic heterocycles. The zero-order chi connectivity index (χ0) is 83.7. The highest BCUT2D eigenvalue weighted by molar-refractivity contribution is 5.81. The van der Waals surface area contributed by atoms with E-state index in [2.05, 4.69) is 16.0 Å². The molecule has 18 atom stereocenters. The summed E-state index contributed by atoms with van der Waals surface area (Å²) in [7, 11) is 2.58. The van der Waals surface area contributed by atoms with Gasteiger partial charge in [0.1, 0.15) is 56.4 Å². The van der Waals surface area contributed by atoms with Crippen LogP contribution in [0.1, 0.15) is 140 Å². The van der Waals surface area contributed by atoms with Crippen LogP contribution < -0.4 is 16.0 Å². The molecule has 3 aliphatic rings. The van der Waals surface area contributed by atoms with Gasteiger partial charge in [0.15, 0.2) is 36.6 Å². The van der Waals surface area contributed by atoms with Crippen molar-refractivity contribution in [2.45, 2.75) is 252 Å². The maximum absolute atomic E-state index is 14.7. The highest BCUT2D eigenvalue weighted by Gasteiger charge is 2.63. The molecule has 3 saturated heterocycles. The number of hydrogen-bond acceptors (Lipinski definition) is 39. The second kappa shape index (κ2) is 42.0. The Labute approximate surface area is 634 Å². The van der Waals surface area contributed by atoms with Crippen LogP contribution in [-0.4, -0.2) is 257 Å². The van der Waals surface area contributed by atoms with Crippen LogP contribution in [-0.2, 0) is 206 Å². The first-order valence-electron chi connectivity index (χ1n) is 33.9. The predicted molar refractivity (Wildman–Crippen MR) is 356 cm³/mol. The summed E-state index contributed by atoms with van der Waals surface area (Å²) < 4.78 is 121. The molecule has 0 unspecified atom stereocenters. The average molecular weight is 1590 g/mol. The standard InChI is InChI=1S/C69H93N3O39/c1-31(73)70-55-49(100-37(7)79)22-67(64(88)91-16,109-61(55)58(106-43(13)85)52(103-40(10)82)28-94-34(4)76)97-25-46-19-47(26-98-68(65(89)92-17)23-50(101-38(8)80)56(71-32(2)74)62(110-68)59(107-44(14)86)53(104-41(11)83)29-95-35(5)77)21-48(20-46)27-99-69(66(90)93-18)24-51(102-39(9)81)57(72-33(3)75)63(111-69)60(108-45(15)87)54(105-42(12)84)30-96-36(6)78/h19-21,49-63H,22-30H2,1-18H3,(H,70,73)(H,71,74)(H,72,75)/t49-,50-,51-,52+,53+,54+,55+,56+,57+,58+,59+,60+,61+,62+,63+,67+,68+,69+/m0/s1. The molecule has 0 bridgehead atoms. The lowest BCUT2D eigenvalue weighted by Gasteiger charge is -2.48. The fraction of sp³-hybridized carbons (Fsp3) is 0.652. The summed E-state index contributed by atoms with van der Waals surface area (Å²) in [6.07, 6.45) is -26.0. The van der Waals surface area contributed by atoms with Crippen molar-refractivity contribution >= 4 is 107 Å². The van der Waals surface area contributed by atoms with E-state index in [1.165, 1.54) is 18.2 Å². The van der Waals surface area contributed by atoms with Crippen LogP contribution >= 0.6 is 0 Å². The minimum atomic E-state index is -2.94. The molecule has 3 N–H and O–H groups in total. The van der Waals surface area contributed by atoms with Crippen LogP contribution in [0.4, 0.5) is 0 Å². The van der Waals surface area contributed by atoms with Crippen LogP contribution in [0.5, 0.6) is 0 Å². The number of carbonyl (C=O) groups excluding carboxylic acids is 18. The quantitative estimate of drug-likeness (QED) is 0.0525. The van der Waals surface area contributed by atoms with Crippen molar-refractivity contribution in [1.82, 2.24) is 16.0 Å². The molecular weight excluding hydrogens is 1490 g/mol. The van der Waals surface area contributed by atoms with Crippen LogP contribution in [0.2, 0.25) is 0 Å². The predicted octanol–water partition coefficient (Wildman–Crippen LogP) is -1.20. The molecule has 0 spiro atoms. The zero-order valence-corrected chi connectivity index (χ0v) is 64.2. The number of amides is 3. The third kappa shape index (κ3) is 27.8. The first-order chi connectivity index (χ1) is 51.8. The summed E-state index contributed by atoms with van der Waals surface area (Å²) >= 11 is 0. The maximum atomic E-state index is 14.7. The SMILES string of the molecule is COC(=O)[C@@]1(OCc2cc(CO[C@]3(C(=O)OC)C[C@H](OC(C)=O)[C@@H](NC(C)=O)[C@H]([C@H](OC(C)=O)[C@@H](COC(C)=O)OC(C)=O)O3)cc(CO[C@]3(C(=O)OC)C[C@H](OC(C)=O)[C@@H](NC(C)=O)[C@H]([C@H](OC(C)=O)[C@@H](COC(C)=O)OC(C)=O)O3)c2)C[C@H](OC(C)=O)[C@@H](NC(C)=O)[C@H]([C@H](OC(C)=O)[C@@H](COC(C)=O)OC(C)=O)O1. The van der Waals surface area contributed by atoms with Gasteiger partial charge in [0, 0.05) is 104 Å². The fourth-order valence-corrected chi connectivity index (χ4v) is 12.3. The first-order valence-corrected chi connectivity index (χ1v) is 33.9. The Balaban J connectivity index is 2.20. The van der Waals surface area contributed by atoms with Crippen molar-refractivity contribution in [3.05, 3.63) is 34.9 Å². The van der Waals surface area contributed by atoms with Gasteiger partial charge in [0.05, 0.1) is 78.5 Å². The van der Waals surface area contributed by atoms with E-state index in [1.807, 2.05) is 0 Å². The van der Waals surface area contributed by atoms with Crippen LogP contribution in [0.15, 0.2) is 18.2 Å². The molecule has 1 aromatic carbocycles. The van der Waals surface area contributed by atoms with Gasteiger partial charge in [-0.3, -0.25) is 71.9 Å². The minimum absolute atomic E-state index is 0.166. The third-order valence-corrected chi connectivity index (χ3v) is 16.0. The smallest absolute Gasteiger partial charge is 0.366 e. The number of carbonyl (C=O) groups is 18. The van der Waals surface area contributed by atoms with E-state index in [0.717, 1.165) is 125 Å². The number of hydrogen-bond donors (Lipinski definition) is 3. The van der Waals surface area contributed by atoms with Gasteiger partial charge in [0.2, 0.25) is 17.7 Å². The molecule has 1 aromatic rings. The van der Waals surface area contributed by atoms with E-state index in [4.69, 9.17) is 99.5 Å². The molecule has 3 heterocycles. The number of benzene rings is 1. The molecule has 3 amide bonds. The number of rotatable bonds is 36. The van der Waals surface area contributed by atoms with E-state index in [1.54, 1.807) is 0 Å². The van der Waals surface area contributed by atoms with Gasteiger partial charge < -0.3 is 115 Å². The Hall–Kier alpha value is -10.6. The Bertz CT molecular complexity index is 3240. The highest BCUT2D eigenvalue weighted by Crippen LogP contribution is 2.42. The van der Waals surface area contributed by atoms with Crippen molar-refractivity contribution in [3.63, 3.8) is 0 Å². The molecule has 42 heteroatoms. The fourth-order valence-electron chi connectivity index (χ4n) is 12.3. The third-order valence-electron chi connectivity index (χ3n) is 16.0. The van der Waals surface area contributed by atoms with Gasteiger partial charge in [-0.2, -0.15) is 0 Å². The Kier molecular flexibility index (Phi) is 35.1. The molecular formula is C69H93N3O39. The zero-order valence-electron chi connectivity index (χ0n) is 64.2. The van der Waals surface area contributed by atoms with Crippen molar-refractivity contribution in [2.75, 3.05) is 41.2 Å². The van der Waals surface area contributed by atoms with Gasteiger partial charge in [-0.1, -0.05) is 18.2 Å². The van der Waals surface area contributed by atoms with Crippen LogP contribution in [0.25, 0.3) is 0 Å². The minimum Gasteiger partial charge on any atom is -0.465 e. The first kappa shape index (κ1) is 92.8. The molecule has 3 fully saturated rings. The van der Waals surface area contributed by atoms with Gasteiger partial charge in [-0.15, -0.1) is 0 Å². The number of methoxy groups -OCH3 is 3. The summed E-state index contributed by atoms with van der Waals surface area (Å²) in [4.78, 5) is 238. The topological polar surface area (TPSA) is 537 Å². The lowest BCUT2D eigenvalue weighted by atomic mass is 9.87. The Morgan fingerprint density at radius 3 is 0.721 bits per heavy atom. The molecule has 42 nitrogen and oxygen atoms in total. The van der Waals surface area contributed by atoms with Gasteiger partial charge >= 0.3 is 89.5 Å². The Morgan fingerprint density at radius 2 is 0.550 bits per heavy atom. The van der Waals surface area contributed by atoms with Crippen molar-refractivity contribution < 1.29 is 186 Å². The number of ether oxygens (including phenoxy) is 21. The molecule has 111 heavy (non-hydrogen) atoms. The molecule has 4 rings (SSSR count). The summed E-state index contributed by atoms with van der Waals surface area (Å²) in [5.74, 6) is -28.3. The average Bonchev–Trinajstić information content (AvgIpc) is 0.766. The van der Waals surface area contributed by atoms with Crippen molar-refractivity contribution in [3.8, 4) is 0 Å². The van der Waals surface area contributed by atoms with Gasteiger partial charge in [-0.25, -0.2) is 14.4 Å². The van der Waals surface area contributed by atoms with E-state index in [9.17, 15) is 86.3 Å². The molecule has 0 radical (unpaired) electrons. The second-order valence-electron chi connectivity index (χ2n) is 25.3. The molecule has 618 valence electrons. The maximum Gasteiger partial charge on any atom is 0.366 e. The lowest BCUT2D eigenvalue weighted by molar-refractivity contribution is -0.318. The van der Waals surface area contributed by atoms with Crippen molar-refractivity contribution in [1.29, 1.82) is 0 Å². The van der Waals surface area contributed by atoms with E-state index in [-0.39, 0.29) is 16.7 Å². The number of nitrogens with one attached hydrogen (secondary N) is 3. The summed E-state index contributed by atoms with van der Waals surface area (Å²) in [5, 5.41) is 7.58. The highest BCUT2D eigenvalue weighted by atomic mass is 16.8.